The van der Waals surface area contributed by atoms with Gasteiger partial charge in [0.05, 0.1) is 5.92 Å². The van der Waals surface area contributed by atoms with E-state index in [9.17, 15) is 9.59 Å². The maximum absolute atomic E-state index is 11.7. The van der Waals surface area contributed by atoms with Crippen LogP contribution in [0.15, 0.2) is 24.3 Å². The van der Waals surface area contributed by atoms with Crippen LogP contribution in [0.3, 0.4) is 0 Å². The first-order valence-electron chi connectivity index (χ1n) is 4.73. The van der Waals surface area contributed by atoms with Gasteiger partial charge in [0.2, 0.25) is 11.6 Å². The molecule has 1 N–H and O–H groups in total. The first-order valence-corrected chi connectivity index (χ1v) is 5.11. The van der Waals surface area contributed by atoms with Crippen molar-refractivity contribution in [3.63, 3.8) is 0 Å². The van der Waals surface area contributed by atoms with Crippen molar-refractivity contribution in [2.24, 2.45) is 5.92 Å². The van der Waals surface area contributed by atoms with Gasteiger partial charge in [-0.3, -0.25) is 9.59 Å². The van der Waals surface area contributed by atoms with Crippen molar-refractivity contribution < 1.29 is 9.59 Å². The fourth-order valence-corrected chi connectivity index (χ4v) is 1.53. The highest BCUT2D eigenvalue weighted by molar-refractivity contribution is 6.44. The van der Waals surface area contributed by atoms with Crippen LogP contribution in [0.2, 0.25) is 5.02 Å². The molecule has 0 atom stereocenters. The minimum Gasteiger partial charge on any atom is -0.315 e. The van der Waals surface area contributed by atoms with Gasteiger partial charge in [-0.05, 0) is 24.3 Å². The summed E-state index contributed by atoms with van der Waals surface area (Å²) in [5, 5.41) is 3.52. The molecular weight excluding hydrogens is 249 g/mol. The molecule has 0 unspecified atom stereocenters. The number of Topliss-reactive ketones (excluding diaryl/α,β-unsaturated/α-hetero) is 2. The Labute approximate surface area is 105 Å². The molecule has 0 aliphatic carbocycles. The average Bonchev–Trinajstić information content (AvgIpc) is 2.15. The Hall–Kier alpha value is -0.900. The molecule has 3 nitrogen and oxygen atoms in total. The molecule has 86 valence electrons. The zero-order valence-corrected chi connectivity index (χ0v) is 9.98. The second kappa shape index (κ2) is 5.43. The first kappa shape index (κ1) is 13.2. The lowest BCUT2D eigenvalue weighted by Crippen LogP contribution is -2.48. The van der Waals surface area contributed by atoms with Crippen molar-refractivity contribution in [2.45, 2.75) is 0 Å². The standard InChI is InChI=1S/C11H10ClNO2.ClH/c12-9-3-1-7(2-4-9)10(14)11(15)8-5-13-6-8;/h1-4,8,13H,5-6H2;1H. The number of rotatable bonds is 3. The van der Waals surface area contributed by atoms with E-state index in [1.54, 1.807) is 24.3 Å². The third-order valence-electron chi connectivity index (χ3n) is 2.48. The first-order chi connectivity index (χ1) is 7.18. The van der Waals surface area contributed by atoms with Gasteiger partial charge >= 0.3 is 0 Å². The summed E-state index contributed by atoms with van der Waals surface area (Å²) in [6, 6.07) is 6.38. The van der Waals surface area contributed by atoms with Crippen molar-refractivity contribution >= 4 is 35.6 Å². The van der Waals surface area contributed by atoms with Gasteiger partial charge in [-0.25, -0.2) is 0 Å². The smallest absolute Gasteiger partial charge is 0.228 e. The number of carbonyl (C=O) groups excluding carboxylic acids is 2. The third-order valence-corrected chi connectivity index (χ3v) is 2.73. The molecule has 1 fully saturated rings. The topological polar surface area (TPSA) is 46.2 Å². The van der Waals surface area contributed by atoms with Crippen molar-refractivity contribution in [3.05, 3.63) is 34.9 Å². The average molecular weight is 260 g/mol. The van der Waals surface area contributed by atoms with Gasteiger partial charge < -0.3 is 5.32 Å². The Morgan fingerprint density at radius 1 is 1.19 bits per heavy atom. The zero-order chi connectivity index (χ0) is 10.8. The fraction of sp³-hybridized carbons (Fsp3) is 0.273. The molecule has 1 aromatic carbocycles. The maximum Gasteiger partial charge on any atom is 0.228 e. The number of carbonyl (C=O) groups is 2. The molecule has 1 heterocycles. The molecule has 1 aromatic rings. The van der Waals surface area contributed by atoms with Crippen LogP contribution in [0.1, 0.15) is 10.4 Å². The van der Waals surface area contributed by atoms with E-state index in [4.69, 9.17) is 11.6 Å². The summed E-state index contributed by atoms with van der Waals surface area (Å²) < 4.78 is 0. The molecular formula is C11H11Cl2NO2. The van der Waals surface area contributed by atoms with Gasteiger partial charge in [0.1, 0.15) is 0 Å². The monoisotopic (exact) mass is 259 g/mol. The molecule has 2 rings (SSSR count). The summed E-state index contributed by atoms with van der Waals surface area (Å²) in [6.07, 6.45) is 0. The van der Waals surface area contributed by atoms with Crippen LogP contribution in [-0.2, 0) is 4.79 Å². The van der Waals surface area contributed by atoms with E-state index in [-0.39, 0.29) is 24.1 Å². The van der Waals surface area contributed by atoms with Crippen LogP contribution in [-0.4, -0.2) is 24.7 Å². The quantitative estimate of drug-likeness (QED) is 0.665. The Bertz CT molecular complexity index is 399. The predicted molar refractivity (Wildman–Crippen MR) is 64.4 cm³/mol. The van der Waals surface area contributed by atoms with E-state index in [0.717, 1.165) is 0 Å². The van der Waals surface area contributed by atoms with Gasteiger partial charge in [-0.15, -0.1) is 12.4 Å². The van der Waals surface area contributed by atoms with Crippen molar-refractivity contribution in [3.8, 4) is 0 Å². The van der Waals surface area contributed by atoms with E-state index >= 15 is 0 Å². The van der Waals surface area contributed by atoms with E-state index in [1.807, 2.05) is 0 Å². The SMILES string of the molecule is Cl.O=C(C(=O)C1CNC1)c1ccc(Cl)cc1. The molecule has 0 bridgehead atoms. The van der Waals surface area contributed by atoms with E-state index in [2.05, 4.69) is 5.32 Å². The number of halogens is 2. The lowest BCUT2D eigenvalue weighted by Gasteiger charge is -2.24. The van der Waals surface area contributed by atoms with Gasteiger partial charge in [-0.2, -0.15) is 0 Å². The third kappa shape index (κ3) is 2.61. The van der Waals surface area contributed by atoms with Crippen LogP contribution in [0.5, 0.6) is 0 Å². The molecule has 16 heavy (non-hydrogen) atoms. The van der Waals surface area contributed by atoms with Crippen molar-refractivity contribution in [1.29, 1.82) is 0 Å². The van der Waals surface area contributed by atoms with Crippen LogP contribution in [0, 0.1) is 5.92 Å². The Balaban J connectivity index is 0.00000128. The molecule has 1 aliphatic rings. The lowest BCUT2D eigenvalue weighted by atomic mass is 9.92. The van der Waals surface area contributed by atoms with E-state index in [1.165, 1.54) is 0 Å². The summed E-state index contributed by atoms with van der Waals surface area (Å²) in [7, 11) is 0. The minimum atomic E-state index is -0.418. The lowest BCUT2D eigenvalue weighted by molar-refractivity contribution is -0.119. The molecule has 0 spiro atoms. The Morgan fingerprint density at radius 2 is 1.75 bits per heavy atom. The normalized spacial score (nSPS) is 14.8. The number of ketones is 2. The van der Waals surface area contributed by atoms with Gasteiger partial charge in [0, 0.05) is 23.7 Å². The summed E-state index contributed by atoms with van der Waals surface area (Å²) >= 11 is 5.69. The van der Waals surface area contributed by atoms with Crippen LogP contribution in [0.4, 0.5) is 0 Å². The van der Waals surface area contributed by atoms with E-state index in [0.29, 0.717) is 23.7 Å². The number of hydrogen-bond donors (Lipinski definition) is 1. The molecule has 0 aromatic heterocycles. The minimum absolute atomic E-state index is 0. The number of benzene rings is 1. The van der Waals surface area contributed by atoms with Crippen LogP contribution < -0.4 is 5.32 Å². The van der Waals surface area contributed by atoms with Crippen LogP contribution in [0.25, 0.3) is 0 Å². The zero-order valence-electron chi connectivity index (χ0n) is 8.40. The van der Waals surface area contributed by atoms with Gasteiger partial charge in [-0.1, -0.05) is 11.6 Å². The van der Waals surface area contributed by atoms with Crippen molar-refractivity contribution in [2.75, 3.05) is 13.1 Å². The maximum atomic E-state index is 11.7. The summed E-state index contributed by atoms with van der Waals surface area (Å²) in [4.78, 5) is 23.3. The Kier molecular flexibility index (Phi) is 4.47. The summed E-state index contributed by atoms with van der Waals surface area (Å²) in [5.74, 6) is -0.873. The summed E-state index contributed by atoms with van der Waals surface area (Å²) in [6.45, 7) is 1.22. The number of nitrogens with one attached hydrogen (secondary N) is 1. The van der Waals surface area contributed by atoms with E-state index < -0.39 is 5.78 Å². The Morgan fingerprint density at radius 3 is 2.19 bits per heavy atom. The molecule has 1 aliphatic heterocycles. The second-order valence-electron chi connectivity index (χ2n) is 3.56. The highest BCUT2D eigenvalue weighted by Crippen LogP contribution is 2.13. The van der Waals surface area contributed by atoms with Crippen molar-refractivity contribution in [1.82, 2.24) is 5.32 Å². The molecule has 0 radical (unpaired) electrons. The van der Waals surface area contributed by atoms with Crippen LogP contribution >= 0.6 is 24.0 Å². The highest BCUT2D eigenvalue weighted by Gasteiger charge is 2.30. The second-order valence-corrected chi connectivity index (χ2v) is 3.99. The predicted octanol–water partition coefficient (Wildman–Crippen LogP) is 1.73. The highest BCUT2D eigenvalue weighted by atomic mass is 35.5. The fourth-order valence-electron chi connectivity index (χ4n) is 1.40. The molecule has 0 saturated carbocycles. The molecule has 1 saturated heterocycles. The van der Waals surface area contributed by atoms with Gasteiger partial charge in [0.15, 0.2) is 0 Å². The van der Waals surface area contributed by atoms with Gasteiger partial charge in [0.25, 0.3) is 0 Å². The molecule has 5 heteroatoms. The summed E-state index contributed by atoms with van der Waals surface area (Å²) in [5.41, 5.74) is 0.413. The molecule has 0 amide bonds. The largest absolute Gasteiger partial charge is 0.315 e. The number of hydrogen-bond acceptors (Lipinski definition) is 3.